The molecule has 4 saturated carbocycles. The number of fused-ring (bicyclic) bond motifs is 1. The Bertz CT molecular complexity index is 880. The monoisotopic (exact) mass is 403 g/mol. The van der Waals surface area contributed by atoms with Crippen LogP contribution in [0.1, 0.15) is 41.8 Å². The minimum absolute atomic E-state index is 0.196. The van der Waals surface area contributed by atoms with E-state index in [2.05, 4.69) is 5.32 Å². The summed E-state index contributed by atoms with van der Waals surface area (Å²) in [5, 5.41) is 4.41. The van der Waals surface area contributed by atoms with Crippen LogP contribution in [0.4, 0.5) is 0 Å². The highest BCUT2D eigenvalue weighted by Crippen LogP contribution is 2.53. The van der Waals surface area contributed by atoms with Crippen molar-refractivity contribution in [2.75, 3.05) is 6.61 Å². The fraction of sp³-hybridized carbons (Fsp3) is 0.524. The first-order chi connectivity index (χ1) is 13.1. The number of hydrogen-bond acceptors (Lipinski definition) is 4. The lowest BCUT2D eigenvalue weighted by molar-refractivity contribution is -0.128. The van der Waals surface area contributed by atoms with Crippen molar-refractivity contribution in [3.8, 4) is 0 Å². The summed E-state index contributed by atoms with van der Waals surface area (Å²) in [7, 11) is 0. The van der Waals surface area contributed by atoms with Crippen molar-refractivity contribution in [2.45, 2.75) is 38.1 Å². The van der Waals surface area contributed by atoms with E-state index in [-0.39, 0.29) is 18.6 Å². The number of benzene rings is 1. The molecule has 4 aliphatic rings. The number of carbonyl (C=O) groups excluding carboxylic acids is 2. The molecule has 4 aliphatic carbocycles. The standard InChI is InChI=1S/C21H22ClNO3S/c22-18-15-3-1-2-4-16(15)27-20(18)21(25)26-10-17(24)23-19-13-6-11-5-12(8-13)9-14(19)7-11/h1-4,11-14,19H,5-10H2,(H,23,24). The molecule has 0 atom stereocenters. The van der Waals surface area contributed by atoms with E-state index < -0.39 is 5.97 Å². The molecule has 6 rings (SSSR count). The molecule has 0 radical (unpaired) electrons. The fourth-order valence-electron chi connectivity index (χ4n) is 5.73. The molecule has 27 heavy (non-hydrogen) atoms. The molecule has 1 aromatic heterocycles. The summed E-state index contributed by atoms with van der Waals surface area (Å²) in [6, 6.07) is 7.85. The first-order valence-electron chi connectivity index (χ1n) is 9.72. The highest BCUT2D eigenvalue weighted by molar-refractivity contribution is 7.21. The fourth-order valence-corrected chi connectivity index (χ4v) is 7.13. The van der Waals surface area contributed by atoms with Gasteiger partial charge in [-0.2, -0.15) is 0 Å². The molecule has 1 N–H and O–H groups in total. The van der Waals surface area contributed by atoms with Crippen molar-refractivity contribution >= 4 is 44.9 Å². The quantitative estimate of drug-likeness (QED) is 0.756. The third-order valence-corrected chi connectivity index (χ3v) is 8.26. The van der Waals surface area contributed by atoms with Gasteiger partial charge in [0.2, 0.25) is 0 Å². The summed E-state index contributed by atoms with van der Waals surface area (Å²) in [6.07, 6.45) is 6.37. The Morgan fingerprint density at radius 3 is 2.41 bits per heavy atom. The maximum absolute atomic E-state index is 12.4. The molecule has 1 aromatic carbocycles. The van der Waals surface area contributed by atoms with E-state index in [0.29, 0.717) is 21.7 Å². The molecule has 0 spiro atoms. The van der Waals surface area contributed by atoms with Gasteiger partial charge in [0, 0.05) is 16.1 Å². The van der Waals surface area contributed by atoms with Gasteiger partial charge in [-0.1, -0.05) is 29.8 Å². The average Bonchev–Trinajstić information content (AvgIpc) is 2.99. The molecular weight excluding hydrogens is 382 g/mol. The minimum Gasteiger partial charge on any atom is -0.451 e. The molecule has 142 valence electrons. The first-order valence-corrected chi connectivity index (χ1v) is 10.9. The number of ether oxygens (including phenoxy) is 1. The average molecular weight is 404 g/mol. The summed E-state index contributed by atoms with van der Waals surface area (Å²) in [5.74, 6) is 2.23. The Morgan fingerprint density at radius 1 is 1.07 bits per heavy atom. The van der Waals surface area contributed by atoms with Crippen molar-refractivity contribution in [2.24, 2.45) is 23.7 Å². The van der Waals surface area contributed by atoms with Crippen LogP contribution in [0, 0.1) is 23.7 Å². The van der Waals surface area contributed by atoms with Gasteiger partial charge < -0.3 is 10.1 Å². The normalized spacial score (nSPS) is 31.2. The summed E-state index contributed by atoms with van der Waals surface area (Å²) in [4.78, 5) is 25.2. The Hall–Kier alpha value is -1.59. The lowest BCUT2D eigenvalue weighted by Crippen LogP contribution is -2.56. The van der Waals surface area contributed by atoms with Gasteiger partial charge in [0.15, 0.2) is 6.61 Å². The topological polar surface area (TPSA) is 55.4 Å². The Kier molecular flexibility index (Phi) is 4.40. The molecule has 4 bridgehead atoms. The molecule has 2 aromatic rings. The summed E-state index contributed by atoms with van der Waals surface area (Å²) >= 11 is 7.61. The Balaban J connectivity index is 1.20. The third-order valence-electron chi connectivity index (χ3n) is 6.61. The number of hydrogen-bond donors (Lipinski definition) is 1. The van der Waals surface area contributed by atoms with E-state index in [0.717, 1.165) is 21.9 Å². The summed E-state index contributed by atoms with van der Waals surface area (Å²) < 4.78 is 6.21. The van der Waals surface area contributed by atoms with Gasteiger partial charge in [-0.25, -0.2) is 4.79 Å². The van der Waals surface area contributed by atoms with E-state index in [1.54, 1.807) is 0 Å². The van der Waals surface area contributed by atoms with Gasteiger partial charge in [-0.3, -0.25) is 4.79 Å². The number of esters is 1. The SMILES string of the molecule is O=C(COC(=O)c1sc2ccccc2c1Cl)NC1C2CC3CC(C2)CC1C3. The number of rotatable bonds is 4. The predicted molar refractivity (Wildman–Crippen MR) is 106 cm³/mol. The van der Waals surface area contributed by atoms with E-state index in [9.17, 15) is 9.59 Å². The van der Waals surface area contributed by atoms with Crippen LogP contribution >= 0.6 is 22.9 Å². The van der Waals surface area contributed by atoms with Crippen LogP contribution in [0.2, 0.25) is 5.02 Å². The number of thiophene rings is 1. The molecular formula is C21H22ClNO3S. The van der Waals surface area contributed by atoms with Crippen LogP contribution < -0.4 is 5.32 Å². The van der Waals surface area contributed by atoms with Crippen LogP contribution in [-0.4, -0.2) is 24.5 Å². The molecule has 0 aliphatic heterocycles. The number of carbonyl (C=O) groups is 2. The number of halogens is 1. The number of amides is 1. The first kappa shape index (κ1) is 17.5. The van der Waals surface area contributed by atoms with Gasteiger partial charge in [0.25, 0.3) is 5.91 Å². The third kappa shape index (κ3) is 3.15. The highest BCUT2D eigenvalue weighted by Gasteiger charge is 2.48. The maximum atomic E-state index is 12.4. The molecule has 0 saturated heterocycles. The number of nitrogens with one attached hydrogen (secondary N) is 1. The van der Waals surface area contributed by atoms with Crippen molar-refractivity contribution in [1.29, 1.82) is 0 Å². The van der Waals surface area contributed by atoms with Crippen LogP contribution in [-0.2, 0) is 9.53 Å². The lowest BCUT2D eigenvalue weighted by atomic mass is 9.54. The molecule has 4 nitrogen and oxygen atoms in total. The second kappa shape index (κ2) is 6.78. The van der Waals surface area contributed by atoms with E-state index in [1.165, 1.54) is 43.4 Å². The Morgan fingerprint density at radius 2 is 1.74 bits per heavy atom. The lowest BCUT2D eigenvalue weighted by Gasteiger charge is -2.54. The predicted octanol–water partition coefficient (Wildman–Crippen LogP) is 4.65. The van der Waals surface area contributed by atoms with Crippen molar-refractivity contribution in [3.63, 3.8) is 0 Å². The van der Waals surface area contributed by atoms with E-state index in [4.69, 9.17) is 16.3 Å². The highest BCUT2D eigenvalue weighted by atomic mass is 35.5. The maximum Gasteiger partial charge on any atom is 0.350 e. The summed E-state index contributed by atoms with van der Waals surface area (Å²) in [6.45, 7) is -0.244. The molecule has 1 heterocycles. The van der Waals surface area contributed by atoms with Crippen LogP contribution in [0.5, 0.6) is 0 Å². The minimum atomic E-state index is -0.526. The summed E-state index contributed by atoms with van der Waals surface area (Å²) in [5.41, 5.74) is 0. The molecule has 1 amide bonds. The largest absolute Gasteiger partial charge is 0.451 e. The van der Waals surface area contributed by atoms with Crippen molar-refractivity contribution < 1.29 is 14.3 Å². The van der Waals surface area contributed by atoms with Gasteiger partial charge in [0.05, 0.1) is 5.02 Å². The molecule has 6 heteroatoms. The van der Waals surface area contributed by atoms with E-state index in [1.807, 2.05) is 24.3 Å². The second-order valence-corrected chi connectivity index (χ2v) is 9.77. The van der Waals surface area contributed by atoms with Crippen molar-refractivity contribution in [3.05, 3.63) is 34.2 Å². The van der Waals surface area contributed by atoms with Crippen LogP contribution in [0.3, 0.4) is 0 Å². The zero-order valence-corrected chi connectivity index (χ0v) is 16.5. The van der Waals surface area contributed by atoms with Gasteiger partial charge in [-0.05, 0) is 61.8 Å². The van der Waals surface area contributed by atoms with E-state index >= 15 is 0 Å². The van der Waals surface area contributed by atoms with Gasteiger partial charge >= 0.3 is 5.97 Å². The van der Waals surface area contributed by atoms with Crippen LogP contribution in [0.25, 0.3) is 10.1 Å². The molecule has 0 unspecified atom stereocenters. The zero-order valence-electron chi connectivity index (χ0n) is 14.9. The van der Waals surface area contributed by atoms with Gasteiger partial charge in [-0.15, -0.1) is 11.3 Å². The van der Waals surface area contributed by atoms with Crippen molar-refractivity contribution in [1.82, 2.24) is 5.32 Å². The smallest absolute Gasteiger partial charge is 0.350 e. The van der Waals surface area contributed by atoms with Gasteiger partial charge in [0.1, 0.15) is 4.88 Å². The second-order valence-electron chi connectivity index (χ2n) is 8.34. The Labute approximate surface area is 167 Å². The van der Waals surface area contributed by atoms with Crippen LogP contribution in [0.15, 0.2) is 24.3 Å². The zero-order chi connectivity index (χ0) is 18.5. The molecule has 4 fully saturated rings.